The van der Waals surface area contributed by atoms with Gasteiger partial charge >= 0.3 is 0 Å². The van der Waals surface area contributed by atoms with Crippen molar-refractivity contribution in [3.8, 4) is 0 Å². The van der Waals surface area contributed by atoms with Crippen molar-refractivity contribution in [3.63, 3.8) is 0 Å². The fourth-order valence-electron chi connectivity index (χ4n) is 2.65. The van der Waals surface area contributed by atoms with E-state index in [-0.39, 0.29) is 0 Å². The Labute approximate surface area is 141 Å². The highest BCUT2D eigenvalue weighted by molar-refractivity contribution is 7.91. The first kappa shape index (κ1) is 16.4. The van der Waals surface area contributed by atoms with Gasteiger partial charge in [-0.05, 0) is 23.1 Å². The lowest BCUT2D eigenvalue weighted by Gasteiger charge is -2.31. The summed E-state index contributed by atoms with van der Waals surface area (Å²) in [5, 5.41) is 1.78. The van der Waals surface area contributed by atoms with Gasteiger partial charge in [0.2, 0.25) is 0 Å². The molecule has 0 saturated carbocycles. The van der Waals surface area contributed by atoms with Gasteiger partial charge in [-0.1, -0.05) is 24.3 Å². The Morgan fingerprint density at radius 3 is 2.61 bits per heavy atom. The molecule has 0 amide bonds. The molecule has 0 unspecified atom stereocenters. The van der Waals surface area contributed by atoms with Crippen LogP contribution in [0.15, 0.2) is 46.0 Å². The molecule has 0 N–H and O–H groups in total. The second kappa shape index (κ2) is 7.00. The Hall–Kier alpha value is -1.41. The van der Waals surface area contributed by atoms with E-state index < -0.39 is 10.0 Å². The number of hydrogen-bond acceptors (Lipinski definition) is 5. The first-order valence-electron chi connectivity index (χ1n) is 7.49. The van der Waals surface area contributed by atoms with Gasteiger partial charge in [0.1, 0.15) is 4.21 Å². The number of thiophene rings is 1. The quantitative estimate of drug-likeness (QED) is 0.829. The van der Waals surface area contributed by atoms with Crippen LogP contribution >= 0.6 is 11.3 Å². The molecule has 1 aromatic heterocycles. The lowest BCUT2D eigenvalue weighted by atomic mass is 10.1. The molecule has 23 heavy (non-hydrogen) atoms. The molecule has 0 aliphatic carbocycles. The fraction of sp³-hybridized carbons (Fsp3) is 0.375. The summed E-state index contributed by atoms with van der Waals surface area (Å²) >= 11 is 1.24. The van der Waals surface area contributed by atoms with Gasteiger partial charge in [0, 0.05) is 32.4 Å². The largest absolute Gasteiger partial charge is 0.378 e. The Morgan fingerprint density at radius 2 is 1.91 bits per heavy atom. The van der Waals surface area contributed by atoms with E-state index in [9.17, 15) is 8.42 Å². The van der Waals surface area contributed by atoms with E-state index >= 15 is 0 Å². The maximum Gasteiger partial charge on any atom is 0.252 e. The zero-order valence-electron chi connectivity index (χ0n) is 13.0. The Morgan fingerprint density at radius 1 is 1.17 bits per heavy atom. The molecule has 0 bridgehead atoms. The number of sulfonamides is 1. The SMILES string of the molecule is CN(Cc1ccccc1N1CCOCC1)S(=O)(=O)c1cccs1. The minimum atomic E-state index is -3.43. The van der Waals surface area contributed by atoms with Crippen LogP contribution in [0, 0.1) is 0 Å². The molecule has 2 aromatic rings. The highest BCUT2D eigenvalue weighted by Gasteiger charge is 2.23. The van der Waals surface area contributed by atoms with Crippen molar-refractivity contribution < 1.29 is 13.2 Å². The van der Waals surface area contributed by atoms with E-state index in [1.54, 1.807) is 24.6 Å². The number of benzene rings is 1. The monoisotopic (exact) mass is 352 g/mol. The molecule has 1 aliphatic rings. The average molecular weight is 352 g/mol. The zero-order valence-corrected chi connectivity index (χ0v) is 14.6. The summed E-state index contributed by atoms with van der Waals surface area (Å²) in [6.07, 6.45) is 0. The van der Waals surface area contributed by atoms with Crippen molar-refractivity contribution in [3.05, 3.63) is 47.3 Å². The summed E-state index contributed by atoms with van der Waals surface area (Å²) < 4.78 is 32.4. The minimum absolute atomic E-state index is 0.355. The predicted octanol–water partition coefficient (Wildman–Crippen LogP) is 2.41. The summed E-state index contributed by atoms with van der Waals surface area (Å²) in [4.78, 5) is 2.25. The van der Waals surface area contributed by atoms with Gasteiger partial charge in [-0.25, -0.2) is 8.42 Å². The van der Waals surface area contributed by atoms with E-state index in [4.69, 9.17) is 4.74 Å². The van der Waals surface area contributed by atoms with Gasteiger partial charge in [-0.15, -0.1) is 11.3 Å². The van der Waals surface area contributed by atoms with Crippen molar-refractivity contribution in [1.82, 2.24) is 4.31 Å². The van der Waals surface area contributed by atoms with Crippen LogP contribution in [-0.4, -0.2) is 46.1 Å². The summed E-state index contributed by atoms with van der Waals surface area (Å²) in [5.41, 5.74) is 2.10. The third kappa shape index (κ3) is 3.58. The second-order valence-corrected chi connectivity index (χ2v) is 8.64. The molecule has 3 rings (SSSR count). The van der Waals surface area contributed by atoms with Crippen molar-refractivity contribution in [2.45, 2.75) is 10.8 Å². The van der Waals surface area contributed by atoms with Crippen molar-refractivity contribution in [2.75, 3.05) is 38.3 Å². The topological polar surface area (TPSA) is 49.9 Å². The maximum atomic E-state index is 12.6. The number of rotatable bonds is 5. The molecule has 0 atom stereocenters. The van der Waals surface area contributed by atoms with Gasteiger partial charge < -0.3 is 9.64 Å². The molecule has 1 fully saturated rings. The molecule has 0 spiro atoms. The lowest BCUT2D eigenvalue weighted by molar-refractivity contribution is 0.122. The van der Waals surface area contributed by atoms with Crippen molar-refractivity contribution in [2.24, 2.45) is 0 Å². The molecular weight excluding hydrogens is 332 g/mol. The van der Waals surface area contributed by atoms with Crippen molar-refractivity contribution in [1.29, 1.82) is 0 Å². The van der Waals surface area contributed by atoms with E-state index in [1.165, 1.54) is 15.6 Å². The van der Waals surface area contributed by atoms with Crippen LogP contribution in [-0.2, 0) is 21.3 Å². The van der Waals surface area contributed by atoms with E-state index in [0.29, 0.717) is 24.0 Å². The highest BCUT2D eigenvalue weighted by Crippen LogP contribution is 2.26. The number of hydrogen-bond donors (Lipinski definition) is 0. The summed E-state index contributed by atoms with van der Waals surface area (Å²) in [6, 6.07) is 11.4. The standard InChI is InChI=1S/C16H20N2O3S2/c1-17(23(19,20)16-7-4-12-22-16)13-14-5-2-3-6-15(14)18-8-10-21-11-9-18/h2-7,12H,8-11,13H2,1H3. The Balaban J connectivity index is 1.83. The molecule has 2 heterocycles. The molecular formula is C16H20N2O3S2. The van der Waals surface area contributed by atoms with E-state index in [0.717, 1.165) is 24.3 Å². The predicted molar refractivity (Wildman–Crippen MR) is 92.4 cm³/mol. The third-order valence-corrected chi connectivity index (χ3v) is 7.07. The minimum Gasteiger partial charge on any atom is -0.378 e. The second-order valence-electron chi connectivity index (χ2n) is 5.42. The molecule has 124 valence electrons. The maximum absolute atomic E-state index is 12.6. The Bertz CT molecular complexity index is 738. The number of nitrogens with zero attached hydrogens (tertiary/aromatic N) is 2. The van der Waals surface area contributed by atoms with Crippen molar-refractivity contribution >= 4 is 27.0 Å². The first-order chi connectivity index (χ1) is 11.1. The zero-order chi connectivity index (χ0) is 16.3. The first-order valence-corrected chi connectivity index (χ1v) is 9.81. The number of para-hydroxylation sites is 1. The van der Waals surface area contributed by atoms with Gasteiger partial charge in [0.15, 0.2) is 0 Å². The smallest absolute Gasteiger partial charge is 0.252 e. The summed E-state index contributed by atoms with van der Waals surface area (Å²) in [5.74, 6) is 0. The van der Waals surface area contributed by atoms with Crippen LogP contribution in [0.2, 0.25) is 0 Å². The van der Waals surface area contributed by atoms with E-state index in [1.807, 2.05) is 24.3 Å². The normalized spacial score (nSPS) is 16.0. The number of morpholine rings is 1. The molecule has 0 radical (unpaired) electrons. The highest BCUT2D eigenvalue weighted by atomic mass is 32.2. The summed E-state index contributed by atoms with van der Waals surface area (Å²) in [6.45, 7) is 3.43. The van der Waals surface area contributed by atoms with Crippen LogP contribution in [0.25, 0.3) is 0 Å². The van der Waals surface area contributed by atoms with Crippen LogP contribution < -0.4 is 4.90 Å². The molecule has 1 aromatic carbocycles. The van der Waals surface area contributed by atoms with Gasteiger partial charge in [0.05, 0.1) is 13.2 Å². The van der Waals surface area contributed by atoms with Crippen LogP contribution in [0.5, 0.6) is 0 Å². The lowest BCUT2D eigenvalue weighted by Crippen LogP contribution is -2.37. The number of anilines is 1. The van der Waals surface area contributed by atoms with Crippen LogP contribution in [0.3, 0.4) is 0 Å². The van der Waals surface area contributed by atoms with Gasteiger partial charge in [-0.3, -0.25) is 0 Å². The molecule has 1 aliphatic heterocycles. The van der Waals surface area contributed by atoms with Crippen LogP contribution in [0.4, 0.5) is 5.69 Å². The summed E-state index contributed by atoms with van der Waals surface area (Å²) in [7, 11) is -1.80. The Kier molecular flexibility index (Phi) is 5.01. The van der Waals surface area contributed by atoms with Gasteiger partial charge in [-0.2, -0.15) is 4.31 Å². The average Bonchev–Trinajstić information content (AvgIpc) is 3.11. The molecule has 1 saturated heterocycles. The number of ether oxygens (including phenoxy) is 1. The van der Waals surface area contributed by atoms with Crippen LogP contribution in [0.1, 0.15) is 5.56 Å². The third-order valence-electron chi connectivity index (χ3n) is 3.90. The molecule has 7 heteroatoms. The van der Waals surface area contributed by atoms with E-state index in [2.05, 4.69) is 4.90 Å². The van der Waals surface area contributed by atoms with Gasteiger partial charge in [0.25, 0.3) is 10.0 Å². The fourth-order valence-corrected chi connectivity index (χ4v) is 5.00. The molecule has 5 nitrogen and oxygen atoms in total.